The molecule has 1 aromatic heterocycles. The number of carbonyl (C=O) groups excluding carboxylic acids is 2. The van der Waals surface area contributed by atoms with Gasteiger partial charge in [0.05, 0.1) is 31.7 Å². The molecular formula is C21H20N2O5. The Hall–Kier alpha value is -3.61. The third-order valence-corrected chi connectivity index (χ3v) is 4.10. The molecule has 0 saturated heterocycles. The number of ether oxygens (including phenoxy) is 2. The van der Waals surface area contributed by atoms with Crippen LogP contribution in [0.4, 0.5) is 5.69 Å². The summed E-state index contributed by atoms with van der Waals surface area (Å²) in [6, 6.07) is 14.1. The number of rotatable bonds is 7. The van der Waals surface area contributed by atoms with Crippen LogP contribution in [0.5, 0.6) is 5.75 Å². The molecule has 0 fully saturated rings. The van der Waals surface area contributed by atoms with E-state index in [1.807, 2.05) is 24.3 Å². The van der Waals surface area contributed by atoms with Crippen molar-refractivity contribution in [2.24, 2.45) is 0 Å². The molecule has 0 radical (unpaired) electrons. The van der Waals surface area contributed by atoms with Gasteiger partial charge in [0.25, 0.3) is 0 Å². The average Bonchev–Trinajstić information content (AvgIpc) is 3.21. The van der Waals surface area contributed by atoms with Crippen LogP contribution < -0.4 is 10.1 Å². The van der Waals surface area contributed by atoms with E-state index < -0.39 is 5.97 Å². The SMILES string of the molecule is COC(=O)c1ccccc1NC(=O)CCc1ncc(-c2ccc(OC)cc2)o1. The summed E-state index contributed by atoms with van der Waals surface area (Å²) < 4.78 is 15.6. The van der Waals surface area contributed by atoms with Gasteiger partial charge in [-0.05, 0) is 36.4 Å². The standard InChI is InChI=1S/C21H20N2O5/c1-26-15-9-7-14(8-10-15)18-13-22-20(28-18)12-11-19(24)23-17-6-4-3-5-16(17)21(25)27-2/h3-10,13H,11-12H2,1-2H3,(H,23,24). The highest BCUT2D eigenvalue weighted by Crippen LogP contribution is 2.23. The number of hydrogen-bond donors (Lipinski definition) is 1. The second-order valence-corrected chi connectivity index (χ2v) is 5.93. The Bertz CT molecular complexity index is 963. The van der Waals surface area contributed by atoms with E-state index in [0.717, 1.165) is 11.3 Å². The molecule has 28 heavy (non-hydrogen) atoms. The van der Waals surface area contributed by atoms with Gasteiger partial charge in [0.15, 0.2) is 11.7 Å². The van der Waals surface area contributed by atoms with Gasteiger partial charge in [-0.25, -0.2) is 9.78 Å². The van der Waals surface area contributed by atoms with E-state index in [2.05, 4.69) is 10.3 Å². The van der Waals surface area contributed by atoms with Crippen molar-refractivity contribution in [3.63, 3.8) is 0 Å². The van der Waals surface area contributed by atoms with E-state index in [0.29, 0.717) is 29.3 Å². The van der Waals surface area contributed by atoms with Gasteiger partial charge in [0.1, 0.15) is 5.75 Å². The number of esters is 1. The zero-order valence-corrected chi connectivity index (χ0v) is 15.6. The van der Waals surface area contributed by atoms with Crippen molar-refractivity contribution < 1.29 is 23.5 Å². The molecule has 2 aromatic carbocycles. The van der Waals surface area contributed by atoms with Gasteiger partial charge < -0.3 is 19.2 Å². The molecule has 0 aliphatic rings. The highest BCUT2D eigenvalue weighted by Gasteiger charge is 2.14. The Kier molecular flexibility index (Phi) is 6.06. The Balaban J connectivity index is 1.60. The van der Waals surface area contributed by atoms with Crippen molar-refractivity contribution in [1.82, 2.24) is 4.98 Å². The molecule has 0 bridgehead atoms. The molecule has 0 spiro atoms. The molecule has 0 aliphatic heterocycles. The van der Waals surface area contributed by atoms with Crippen molar-refractivity contribution in [3.05, 3.63) is 66.2 Å². The van der Waals surface area contributed by atoms with Crippen molar-refractivity contribution in [2.45, 2.75) is 12.8 Å². The summed E-state index contributed by atoms with van der Waals surface area (Å²) in [6.45, 7) is 0. The number of nitrogens with one attached hydrogen (secondary N) is 1. The first-order valence-electron chi connectivity index (χ1n) is 8.67. The second-order valence-electron chi connectivity index (χ2n) is 5.93. The van der Waals surface area contributed by atoms with Gasteiger partial charge >= 0.3 is 5.97 Å². The molecule has 3 rings (SSSR count). The normalized spacial score (nSPS) is 10.4. The number of nitrogens with zero attached hydrogens (tertiary/aromatic N) is 1. The number of carbonyl (C=O) groups is 2. The van der Waals surface area contributed by atoms with Crippen LogP contribution in [0.2, 0.25) is 0 Å². The maximum atomic E-state index is 12.2. The Labute approximate surface area is 162 Å². The number of benzene rings is 2. The maximum absolute atomic E-state index is 12.2. The van der Waals surface area contributed by atoms with Crippen molar-refractivity contribution in [1.29, 1.82) is 0 Å². The first kappa shape index (κ1) is 19.2. The number of para-hydroxylation sites is 1. The third-order valence-electron chi connectivity index (χ3n) is 4.10. The second kappa shape index (κ2) is 8.85. The fourth-order valence-electron chi connectivity index (χ4n) is 2.63. The Morgan fingerprint density at radius 3 is 2.54 bits per heavy atom. The summed E-state index contributed by atoms with van der Waals surface area (Å²) >= 11 is 0. The molecule has 0 unspecified atom stereocenters. The van der Waals surface area contributed by atoms with E-state index >= 15 is 0 Å². The largest absolute Gasteiger partial charge is 0.497 e. The quantitative estimate of drug-likeness (QED) is 0.629. The number of anilines is 1. The Morgan fingerprint density at radius 1 is 1.07 bits per heavy atom. The molecule has 0 saturated carbocycles. The minimum Gasteiger partial charge on any atom is -0.497 e. The van der Waals surface area contributed by atoms with Crippen molar-refractivity contribution >= 4 is 17.6 Å². The van der Waals surface area contributed by atoms with E-state index in [1.165, 1.54) is 7.11 Å². The van der Waals surface area contributed by atoms with Gasteiger partial charge in [0, 0.05) is 18.4 Å². The Morgan fingerprint density at radius 2 is 1.82 bits per heavy atom. The summed E-state index contributed by atoms with van der Waals surface area (Å²) in [7, 11) is 2.90. The van der Waals surface area contributed by atoms with Crippen LogP contribution in [0, 0.1) is 0 Å². The van der Waals surface area contributed by atoms with Crippen molar-refractivity contribution in [3.8, 4) is 17.1 Å². The lowest BCUT2D eigenvalue weighted by atomic mass is 10.1. The number of aromatic nitrogens is 1. The van der Waals surface area contributed by atoms with Crippen molar-refractivity contribution in [2.75, 3.05) is 19.5 Å². The van der Waals surface area contributed by atoms with Gasteiger partial charge in [-0.15, -0.1) is 0 Å². The minimum absolute atomic E-state index is 0.165. The van der Waals surface area contributed by atoms with Crippen LogP contribution >= 0.6 is 0 Å². The smallest absolute Gasteiger partial charge is 0.339 e. The lowest BCUT2D eigenvalue weighted by molar-refractivity contribution is -0.116. The van der Waals surface area contributed by atoms with E-state index in [9.17, 15) is 9.59 Å². The minimum atomic E-state index is -0.507. The fraction of sp³-hybridized carbons (Fsp3) is 0.190. The van der Waals surface area contributed by atoms with Crippen LogP contribution in [0.25, 0.3) is 11.3 Å². The molecule has 0 aliphatic carbocycles. The molecule has 144 valence electrons. The number of hydrogen-bond acceptors (Lipinski definition) is 6. The lowest BCUT2D eigenvalue weighted by Crippen LogP contribution is -2.15. The number of oxazole rings is 1. The monoisotopic (exact) mass is 380 g/mol. The van der Waals surface area contributed by atoms with E-state index in [-0.39, 0.29) is 12.3 Å². The molecule has 0 atom stereocenters. The highest BCUT2D eigenvalue weighted by molar-refractivity contribution is 6.01. The highest BCUT2D eigenvalue weighted by atomic mass is 16.5. The molecule has 1 heterocycles. The van der Waals surface area contributed by atoms with Gasteiger partial charge in [0.2, 0.25) is 5.91 Å². The van der Waals surface area contributed by atoms with Crippen LogP contribution in [-0.2, 0) is 16.0 Å². The van der Waals surface area contributed by atoms with Gasteiger partial charge in [-0.1, -0.05) is 12.1 Å². The summed E-state index contributed by atoms with van der Waals surface area (Å²) in [6.07, 6.45) is 2.13. The van der Waals surface area contributed by atoms with Crippen LogP contribution in [0.1, 0.15) is 22.7 Å². The topological polar surface area (TPSA) is 90.7 Å². The average molecular weight is 380 g/mol. The summed E-state index contributed by atoms with van der Waals surface area (Å²) in [5.41, 5.74) is 1.58. The zero-order chi connectivity index (χ0) is 19.9. The summed E-state index contributed by atoms with van der Waals surface area (Å²) in [4.78, 5) is 28.2. The zero-order valence-electron chi connectivity index (χ0n) is 15.6. The van der Waals surface area contributed by atoms with E-state index in [4.69, 9.17) is 13.9 Å². The maximum Gasteiger partial charge on any atom is 0.339 e. The van der Waals surface area contributed by atoms with Gasteiger partial charge in [-0.2, -0.15) is 0 Å². The summed E-state index contributed by atoms with van der Waals surface area (Å²) in [5, 5.41) is 2.72. The van der Waals surface area contributed by atoms with E-state index in [1.54, 1.807) is 37.6 Å². The van der Waals surface area contributed by atoms with Crippen LogP contribution in [0.3, 0.4) is 0 Å². The van der Waals surface area contributed by atoms with Crippen LogP contribution in [0.15, 0.2) is 59.1 Å². The predicted molar refractivity (Wildman–Crippen MR) is 103 cm³/mol. The molecule has 7 heteroatoms. The molecule has 7 nitrogen and oxygen atoms in total. The lowest BCUT2D eigenvalue weighted by Gasteiger charge is -2.09. The fourth-order valence-corrected chi connectivity index (χ4v) is 2.63. The number of amides is 1. The first-order chi connectivity index (χ1) is 13.6. The summed E-state index contributed by atoms with van der Waals surface area (Å²) in [5.74, 6) is 1.08. The molecule has 1 N–H and O–H groups in total. The molecular weight excluding hydrogens is 360 g/mol. The predicted octanol–water partition coefficient (Wildman–Crippen LogP) is 3.71. The first-order valence-corrected chi connectivity index (χ1v) is 8.67. The van der Waals surface area contributed by atoms with Crippen LogP contribution in [-0.4, -0.2) is 31.1 Å². The molecule has 1 amide bonds. The molecule has 3 aromatic rings. The third kappa shape index (κ3) is 4.56. The number of methoxy groups -OCH3 is 2. The van der Waals surface area contributed by atoms with Gasteiger partial charge in [-0.3, -0.25) is 4.79 Å². The number of aryl methyl sites for hydroxylation is 1.